The number of nitrogens with zero attached hydrogens (tertiary/aromatic N) is 2. The van der Waals surface area contributed by atoms with Gasteiger partial charge in [-0.05, 0) is 60.1 Å². The summed E-state index contributed by atoms with van der Waals surface area (Å²) >= 11 is 0. The molecule has 0 aromatic heterocycles. The van der Waals surface area contributed by atoms with Crippen LogP contribution < -0.4 is 10.2 Å². The number of hydrogen-bond donors (Lipinski definition) is 1. The molecule has 2 fully saturated rings. The third kappa shape index (κ3) is 4.56. The molecule has 0 bridgehead atoms. The highest BCUT2D eigenvalue weighted by molar-refractivity contribution is 6.18. The van der Waals surface area contributed by atoms with Crippen LogP contribution in [0.15, 0.2) is 42.5 Å². The molecule has 0 atom stereocenters. The van der Waals surface area contributed by atoms with Crippen LogP contribution in [-0.4, -0.2) is 34.8 Å². The van der Waals surface area contributed by atoms with Crippen molar-refractivity contribution in [3.05, 3.63) is 59.4 Å². The number of amides is 4. The van der Waals surface area contributed by atoms with Crippen molar-refractivity contribution in [2.45, 2.75) is 77.2 Å². The molecular weight excluding hydrogens is 445 g/mol. The molecule has 0 unspecified atom stereocenters. The van der Waals surface area contributed by atoms with Crippen molar-refractivity contribution in [3.8, 4) is 0 Å². The zero-order valence-electron chi connectivity index (χ0n) is 20.9. The molecule has 1 spiro atoms. The Balaban J connectivity index is 1.64. The summed E-state index contributed by atoms with van der Waals surface area (Å²) in [5, 5.41) is 3.01. The average molecular weight is 480 g/mol. The Morgan fingerprint density at radius 1 is 0.943 bits per heavy atom. The maximum atomic E-state index is 13.7. The van der Waals surface area contributed by atoms with E-state index in [1.54, 1.807) is 0 Å². The molecule has 1 aliphatic heterocycles. The molecule has 1 saturated heterocycles. The summed E-state index contributed by atoms with van der Waals surface area (Å²) in [6.45, 7) is 7.90. The minimum absolute atomic E-state index is 0.193. The lowest BCUT2D eigenvalue weighted by Gasteiger charge is -2.38. The lowest BCUT2D eigenvalue weighted by Crippen LogP contribution is -2.51. The first-order valence-electron chi connectivity index (χ1n) is 12.5. The molecule has 4 rings (SSSR count). The summed E-state index contributed by atoms with van der Waals surface area (Å²) in [7, 11) is 0. The van der Waals surface area contributed by atoms with Gasteiger partial charge in [0.1, 0.15) is 17.9 Å². The van der Waals surface area contributed by atoms with Gasteiger partial charge in [0, 0.05) is 11.4 Å². The second-order valence-corrected chi connectivity index (χ2v) is 10.2. The Labute approximate surface area is 206 Å². The van der Waals surface area contributed by atoms with Crippen LogP contribution in [0.1, 0.15) is 82.8 Å². The monoisotopic (exact) mass is 479 g/mol. The van der Waals surface area contributed by atoms with Crippen LogP contribution in [0.5, 0.6) is 0 Å². The number of urea groups is 1. The van der Waals surface area contributed by atoms with E-state index in [1.165, 1.54) is 29.2 Å². The van der Waals surface area contributed by atoms with Crippen LogP contribution in [0.25, 0.3) is 0 Å². The average Bonchev–Trinajstić information content (AvgIpc) is 3.01. The Morgan fingerprint density at radius 2 is 1.51 bits per heavy atom. The summed E-state index contributed by atoms with van der Waals surface area (Å²) in [6, 6.07) is 11.1. The number of halogens is 1. The summed E-state index contributed by atoms with van der Waals surface area (Å²) in [5.41, 5.74) is 2.23. The number of anilines is 2. The topological polar surface area (TPSA) is 69.7 Å². The van der Waals surface area contributed by atoms with Crippen molar-refractivity contribution in [3.63, 3.8) is 0 Å². The van der Waals surface area contributed by atoms with Gasteiger partial charge in [-0.25, -0.2) is 9.18 Å². The maximum Gasteiger partial charge on any atom is 0.332 e. The minimum atomic E-state index is -1.02. The smallest absolute Gasteiger partial charge is 0.324 e. The number of imide groups is 1. The van der Waals surface area contributed by atoms with Crippen LogP contribution in [-0.2, 0) is 9.59 Å². The molecule has 1 heterocycles. The van der Waals surface area contributed by atoms with Crippen molar-refractivity contribution >= 4 is 29.2 Å². The molecule has 7 heteroatoms. The molecule has 2 aromatic carbocycles. The standard InChI is InChI=1S/C28H34FN3O3/c1-18(2)22-9-8-10-23(19(3)4)25(22)30-24(33)17-31-26(34)28(15-6-5-7-16-28)32(27(31)35)21-13-11-20(29)12-14-21/h8-14,18-19H,5-7,15-17H2,1-4H3,(H,30,33). The van der Waals surface area contributed by atoms with Gasteiger partial charge >= 0.3 is 6.03 Å². The summed E-state index contributed by atoms with van der Waals surface area (Å²) < 4.78 is 13.6. The molecule has 186 valence electrons. The SMILES string of the molecule is CC(C)c1cccc(C(C)C)c1NC(=O)CN1C(=O)N(c2ccc(F)cc2)C2(CCCCC2)C1=O. The molecular formula is C28H34FN3O3. The normalized spacial score (nSPS) is 17.7. The van der Waals surface area contributed by atoms with Crippen LogP contribution >= 0.6 is 0 Å². The van der Waals surface area contributed by atoms with Gasteiger partial charge in [0.05, 0.1) is 0 Å². The first-order valence-corrected chi connectivity index (χ1v) is 12.5. The van der Waals surface area contributed by atoms with E-state index in [9.17, 15) is 18.8 Å². The van der Waals surface area contributed by atoms with Crippen LogP contribution in [0.4, 0.5) is 20.6 Å². The molecule has 2 aromatic rings. The van der Waals surface area contributed by atoms with Gasteiger partial charge in [-0.3, -0.25) is 19.4 Å². The van der Waals surface area contributed by atoms with Gasteiger partial charge in [-0.2, -0.15) is 0 Å². The first kappa shape index (κ1) is 24.9. The number of carbonyl (C=O) groups excluding carboxylic acids is 3. The zero-order chi connectivity index (χ0) is 25.3. The number of benzene rings is 2. The summed E-state index contributed by atoms with van der Waals surface area (Å²) in [6.07, 6.45) is 3.68. The molecule has 2 aliphatic rings. The first-order chi connectivity index (χ1) is 16.7. The Morgan fingerprint density at radius 3 is 2.06 bits per heavy atom. The number of nitrogens with one attached hydrogen (secondary N) is 1. The highest BCUT2D eigenvalue weighted by Gasteiger charge is 2.58. The minimum Gasteiger partial charge on any atom is -0.324 e. The lowest BCUT2D eigenvalue weighted by molar-refractivity contribution is -0.134. The molecule has 1 saturated carbocycles. The van der Waals surface area contributed by atoms with E-state index in [4.69, 9.17) is 0 Å². The zero-order valence-corrected chi connectivity index (χ0v) is 20.9. The Bertz CT molecular complexity index is 1090. The number of rotatable bonds is 6. The van der Waals surface area contributed by atoms with Crippen molar-refractivity contribution in [2.75, 3.05) is 16.8 Å². The van der Waals surface area contributed by atoms with Gasteiger partial charge < -0.3 is 5.32 Å². The summed E-state index contributed by atoms with van der Waals surface area (Å²) in [5.74, 6) is -0.779. The Kier molecular flexibility index (Phi) is 6.97. The van der Waals surface area contributed by atoms with Crippen LogP contribution in [0.2, 0.25) is 0 Å². The van der Waals surface area contributed by atoms with E-state index < -0.39 is 23.3 Å². The fourth-order valence-electron chi connectivity index (χ4n) is 5.42. The number of hydrogen-bond acceptors (Lipinski definition) is 3. The third-order valence-electron chi connectivity index (χ3n) is 7.20. The number of para-hydroxylation sites is 1. The highest BCUT2D eigenvalue weighted by Crippen LogP contribution is 2.43. The molecule has 1 aliphatic carbocycles. The van der Waals surface area contributed by atoms with Crippen molar-refractivity contribution in [2.24, 2.45) is 0 Å². The van der Waals surface area contributed by atoms with E-state index in [2.05, 4.69) is 33.0 Å². The van der Waals surface area contributed by atoms with E-state index in [-0.39, 0.29) is 24.3 Å². The van der Waals surface area contributed by atoms with Crippen molar-refractivity contribution in [1.29, 1.82) is 0 Å². The second kappa shape index (κ2) is 9.80. The highest BCUT2D eigenvalue weighted by atomic mass is 19.1. The van der Waals surface area contributed by atoms with E-state index in [1.807, 2.05) is 18.2 Å². The van der Waals surface area contributed by atoms with Gasteiger partial charge in [0.25, 0.3) is 5.91 Å². The van der Waals surface area contributed by atoms with E-state index >= 15 is 0 Å². The van der Waals surface area contributed by atoms with Crippen molar-refractivity contribution < 1.29 is 18.8 Å². The maximum absolute atomic E-state index is 13.7. The predicted molar refractivity (Wildman–Crippen MR) is 135 cm³/mol. The van der Waals surface area contributed by atoms with Gasteiger partial charge in [0.2, 0.25) is 5.91 Å². The van der Waals surface area contributed by atoms with Crippen molar-refractivity contribution in [1.82, 2.24) is 4.90 Å². The summed E-state index contributed by atoms with van der Waals surface area (Å²) in [4.78, 5) is 43.1. The van der Waals surface area contributed by atoms with Gasteiger partial charge in [0.15, 0.2) is 0 Å². The van der Waals surface area contributed by atoms with E-state index in [0.29, 0.717) is 18.5 Å². The molecule has 35 heavy (non-hydrogen) atoms. The fourth-order valence-corrected chi connectivity index (χ4v) is 5.42. The Hall–Kier alpha value is -3.22. The van der Waals surface area contributed by atoms with Gasteiger partial charge in [-0.1, -0.05) is 65.2 Å². The molecule has 1 N–H and O–H groups in total. The van der Waals surface area contributed by atoms with Gasteiger partial charge in [-0.15, -0.1) is 0 Å². The largest absolute Gasteiger partial charge is 0.332 e. The quantitative estimate of drug-likeness (QED) is 0.503. The molecule has 0 radical (unpaired) electrons. The second-order valence-electron chi connectivity index (χ2n) is 10.2. The molecule has 4 amide bonds. The predicted octanol–water partition coefficient (Wildman–Crippen LogP) is 6.18. The van der Waals surface area contributed by atoms with Crippen LogP contribution in [0, 0.1) is 5.82 Å². The molecule has 6 nitrogen and oxygen atoms in total. The fraction of sp³-hybridized carbons (Fsp3) is 0.464. The third-order valence-corrected chi connectivity index (χ3v) is 7.20. The van der Waals surface area contributed by atoms with E-state index in [0.717, 1.165) is 41.0 Å². The number of carbonyl (C=O) groups is 3. The lowest BCUT2D eigenvalue weighted by atomic mass is 9.80. The van der Waals surface area contributed by atoms with Crippen LogP contribution in [0.3, 0.4) is 0 Å².